The zero-order valence-corrected chi connectivity index (χ0v) is 22.2. The summed E-state index contributed by atoms with van der Waals surface area (Å²) in [5.41, 5.74) is 6.46. The molecule has 5 atom stereocenters. The SMILES string of the molecule is CC(C)C[C@H](NC(=O)[C@@H](NC(=O)[C@@H](N)CCC(=O)O)C(C)C)C(=O)N[C@@H](Cc1ccccc1)[C@@H](O)C(=O)O. The molecule has 0 bridgehead atoms. The molecular weight excluding hydrogens is 496 g/mol. The highest BCUT2D eigenvalue weighted by molar-refractivity contribution is 5.93. The van der Waals surface area contributed by atoms with E-state index in [1.165, 1.54) is 0 Å². The first-order valence-electron chi connectivity index (χ1n) is 12.6. The van der Waals surface area contributed by atoms with Gasteiger partial charge in [0, 0.05) is 6.42 Å². The van der Waals surface area contributed by atoms with Crippen LogP contribution in [0.2, 0.25) is 0 Å². The largest absolute Gasteiger partial charge is 0.481 e. The zero-order chi connectivity index (χ0) is 29.0. The van der Waals surface area contributed by atoms with Crippen molar-refractivity contribution in [1.82, 2.24) is 16.0 Å². The van der Waals surface area contributed by atoms with Crippen LogP contribution in [-0.2, 0) is 30.4 Å². The quantitative estimate of drug-likeness (QED) is 0.152. The van der Waals surface area contributed by atoms with Gasteiger partial charge in [-0.1, -0.05) is 58.0 Å². The summed E-state index contributed by atoms with van der Waals surface area (Å²) in [6, 6.07) is 4.30. The molecule has 1 aromatic rings. The number of benzene rings is 1. The molecule has 0 radical (unpaired) electrons. The minimum atomic E-state index is -1.88. The van der Waals surface area contributed by atoms with Gasteiger partial charge in [0.1, 0.15) is 12.1 Å². The Morgan fingerprint density at radius 3 is 1.97 bits per heavy atom. The molecule has 0 aromatic heterocycles. The summed E-state index contributed by atoms with van der Waals surface area (Å²) in [7, 11) is 0. The van der Waals surface area contributed by atoms with Crippen LogP contribution in [0.15, 0.2) is 30.3 Å². The van der Waals surface area contributed by atoms with Crippen LogP contribution >= 0.6 is 0 Å². The second-order valence-electron chi connectivity index (χ2n) is 10.0. The number of aliphatic hydroxyl groups excluding tert-OH is 1. The van der Waals surface area contributed by atoms with E-state index in [0.717, 1.165) is 0 Å². The average Bonchev–Trinajstić information content (AvgIpc) is 2.84. The van der Waals surface area contributed by atoms with Gasteiger partial charge in [-0.05, 0) is 36.7 Å². The Hall–Kier alpha value is -3.51. The van der Waals surface area contributed by atoms with Crippen LogP contribution in [0.4, 0.5) is 0 Å². The lowest BCUT2D eigenvalue weighted by Gasteiger charge is -2.29. The van der Waals surface area contributed by atoms with Crippen molar-refractivity contribution >= 4 is 29.7 Å². The number of amides is 3. The third-order valence-corrected chi connectivity index (χ3v) is 5.85. The van der Waals surface area contributed by atoms with E-state index < -0.39 is 65.8 Å². The van der Waals surface area contributed by atoms with Crippen LogP contribution in [0.3, 0.4) is 0 Å². The van der Waals surface area contributed by atoms with Crippen molar-refractivity contribution in [3.05, 3.63) is 35.9 Å². The number of carboxylic acids is 2. The number of carbonyl (C=O) groups is 5. The summed E-state index contributed by atoms with van der Waals surface area (Å²) >= 11 is 0. The van der Waals surface area contributed by atoms with Crippen molar-refractivity contribution in [2.45, 2.75) is 83.6 Å². The predicted molar refractivity (Wildman–Crippen MR) is 139 cm³/mol. The number of nitrogens with one attached hydrogen (secondary N) is 3. The van der Waals surface area contributed by atoms with Gasteiger partial charge >= 0.3 is 11.9 Å². The Morgan fingerprint density at radius 2 is 1.47 bits per heavy atom. The summed E-state index contributed by atoms with van der Waals surface area (Å²) in [6.45, 7) is 7.04. The highest BCUT2D eigenvalue weighted by Crippen LogP contribution is 2.11. The fraction of sp³-hybridized carbons (Fsp3) is 0.577. The minimum Gasteiger partial charge on any atom is -0.481 e. The van der Waals surface area contributed by atoms with Crippen molar-refractivity contribution in [2.75, 3.05) is 0 Å². The molecule has 0 aliphatic rings. The number of hydrogen-bond donors (Lipinski definition) is 7. The van der Waals surface area contributed by atoms with Gasteiger partial charge in [-0.2, -0.15) is 0 Å². The van der Waals surface area contributed by atoms with Crippen molar-refractivity contribution < 1.29 is 39.3 Å². The van der Waals surface area contributed by atoms with Crippen LogP contribution in [0.1, 0.15) is 52.5 Å². The van der Waals surface area contributed by atoms with E-state index in [9.17, 15) is 34.2 Å². The number of hydrogen-bond acceptors (Lipinski definition) is 7. The van der Waals surface area contributed by atoms with E-state index in [1.807, 2.05) is 13.8 Å². The maximum Gasteiger partial charge on any atom is 0.334 e. The number of nitrogens with two attached hydrogens (primary N) is 1. The van der Waals surface area contributed by atoms with Gasteiger partial charge in [0.25, 0.3) is 0 Å². The molecule has 0 aliphatic carbocycles. The second kappa shape index (κ2) is 15.7. The van der Waals surface area contributed by atoms with Crippen molar-refractivity contribution in [3.63, 3.8) is 0 Å². The zero-order valence-electron chi connectivity index (χ0n) is 22.2. The Morgan fingerprint density at radius 1 is 0.868 bits per heavy atom. The number of carbonyl (C=O) groups excluding carboxylic acids is 3. The molecule has 38 heavy (non-hydrogen) atoms. The number of rotatable bonds is 16. The van der Waals surface area contributed by atoms with E-state index in [2.05, 4.69) is 16.0 Å². The van der Waals surface area contributed by atoms with Gasteiger partial charge < -0.3 is 37.0 Å². The van der Waals surface area contributed by atoms with E-state index in [-0.39, 0.29) is 31.6 Å². The minimum absolute atomic E-state index is 0.0421. The van der Waals surface area contributed by atoms with Crippen LogP contribution in [0.25, 0.3) is 0 Å². The Labute approximate surface area is 222 Å². The monoisotopic (exact) mass is 536 g/mol. The molecule has 12 heteroatoms. The molecule has 1 aromatic carbocycles. The first-order valence-corrected chi connectivity index (χ1v) is 12.6. The second-order valence-corrected chi connectivity index (χ2v) is 10.0. The normalized spacial score (nSPS) is 15.2. The third-order valence-electron chi connectivity index (χ3n) is 5.85. The van der Waals surface area contributed by atoms with Gasteiger partial charge in [0.05, 0.1) is 12.1 Å². The number of aliphatic carboxylic acids is 2. The summed E-state index contributed by atoms with van der Waals surface area (Å²) in [6.07, 6.45) is -2.06. The lowest BCUT2D eigenvalue weighted by atomic mass is 9.97. The first-order chi connectivity index (χ1) is 17.7. The summed E-state index contributed by atoms with van der Waals surface area (Å²) < 4.78 is 0. The molecule has 0 saturated heterocycles. The topological polar surface area (TPSA) is 208 Å². The highest BCUT2D eigenvalue weighted by Gasteiger charge is 2.33. The fourth-order valence-electron chi connectivity index (χ4n) is 3.73. The van der Waals surface area contributed by atoms with Gasteiger partial charge in [-0.3, -0.25) is 19.2 Å². The molecule has 3 amide bonds. The summed E-state index contributed by atoms with van der Waals surface area (Å²) in [5.74, 6) is -5.08. The average molecular weight is 537 g/mol. The van der Waals surface area contributed by atoms with Gasteiger partial charge in [-0.15, -0.1) is 0 Å². The maximum absolute atomic E-state index is 13.2. The maximum atomic E-state index is 13.2. The molecule has 0 saturated carbocycles. The van der Waals surface area contributed by atoms with E-state index in [1.54, 1.807) is 44.2 Å². The summed E-state index contributed by atoms with van der Waals surface area (Å²) in [5, 5.41) is 36.1. The van der Waals surface area contributed by atoms with Gasteiger partial charge in [0.2, 0.25) is 17.7 Å². The Balaban J connectivity index is 3.04. The van der Waals surface area contributed by atoms with Crippen molar-refractivity contribution in [1.29, 1.82) is 0 Å². The van der Waals surface area contributed by atoms with Gasteiger partial charge in [-0.25, -0.2) is 4.79 Å². The van der Waals surface area contributed by atoms with Crippen molar-refractivity contribution in [3.8, 4) is 0 Å². The molecule has 0 fully saturated rings. The molecular formula is C26H40N4O8. The Kier molecular flexibility index (Phi) is 13.4. The first kappa shape index (κ1) is 32.5. The molecule has 12 nitrogen and oxygen atoms in total. The molecule has 1 rings (SSSR count). The van der Waals surface area contributed by atoms with E-state index in [0.29, 0.717) is 5.56 Å². The molecule has 0 aliphatic heterocycles. The van der Waals surface area contributed by atoms with Gasteiger partial charge in [0.15, 0.2) is 6.10 Å². The number of aliphatic hydroxyl groups is 1. The standard InChI is InChI=1S/C26H40N4O8/c1-14(2)12-19(24(35)28-18(22(33)26(37)38)13-16-8-6-5-7-9-16)29-25(36)21(15(3)4)30-23(34)17(27)10-11-20(31)32/h5-9,14-15,17-19,21-22,33H,10-13,27H2,1-4H3,(H,28,35)(H,29,36)(H,30,34)(H,31,32)(H,37,38)/t17-,18-,19-,21-,22+/m0/s1. The molecule has 0 spiro atoms. The smallest absolute Gasteiger partial charge is 0.334 e. The third kappa shape index (κ3) is 11.3. The predicted octanol–water partition coefficient (Wildman–Crippen LogP) is 0.0232. The lowest BCUT2D eigenvalue weighted by Crippen LogP contribution is -2.59. The fourth-order valence-corrected chi connectivity index (χ4v) is 3.73. The molecule has 0 unspecified atom stereocenters. The van der Waals surface area contributed by atoms with Crippen LogP contribution in [0, 0.1) is 11.8 Å². The van der Waals surface area contributed by atoms with E-state index >= 15 is 0 Å². The van der Waals surface area contributed by atoms with Crippen LogP contribution in [-0.4, -0.2) is 75.3 Å². The van der Waals surface area contributed by atoms with Crippen LogP contribution < -0.4 is 21.7 Å². The number of carboxylic acid groups (broad SMARTS) is 2. The summed E-state index contributed by atoms with van der Waals surface area (Å²) in [4.78, 5) is 61.1. The molecule has 0 heterocycles. The molecule has 8 N–H and O–H groups in total. The Bertz CT molecular complexity index is 954. The molecule has 212 valence electrons. The van der Waals surface area contributed by atoms with E-state index in [4.69, 9.17) is 10.8 Å². The highest BCUT2D eigenvalue weighted by atomic mass is 16.4. The van der Waals surface area contributed by atoms with Crippen molar-refractivity contribution in [2.24, 2.45) is 17.6 Å². The van der Waals surface area contributed by atoms with Crippen LogP contribution in [0.5, 0.6) is 0 Å². The lowest BCUT2D eigenvalue weighted by molar-refractivity contribution is -0.149.